The Kier molecular flexibility index (Phi) is 4.19. The molecule has 0 radical (unpaired) electrons. The van der Waals surface area contributed by atoms with Gasteiger partial charge in [-0.3, -0.25) is 9.78 Å². The zero-order valence-corrected chi connectivity index (χ0v) is 12.4. The van der Waals surface area contributed by atoms with Crippen LogP contribution in [0.1, 0.15) is 10.5 Å². The number of carbonyl (C=O) groups is 1. The lowest BCUT2D eigenvalue weighted by molar-refractivity contribution is 0.101. The van der Waals surface area contributed by atoms with Crippen molar-refractivity contribution in [2.24, 2.45) is 0 Å². The van der Waals surface area contributed by atoms with E-state index in [9.17, 15) is 13.6 Å². The molecular formula is C16H11F2N3O3. The molecule has 1 amide bonds. The molecule has 2 heterocycles. The second-order valence-corrected chi connectivity index (χ2v) is 4.74. The Morgan fingerprint density at radius 1 is 1.17 bits per heavy atom. The third kappa shape index (κ3) is 3.07. The first kappa shape index (κ1) is 15.6. The summed E-state index contributed by atoms with van der Waals surface area (Å²) < 4.78 is 36.9. The van der Waals surface area contributed by atoms with E-state index in [4.69, 9.17) is 4.52 Å². The summed E-state index contributed by atoms with van der Waals surface area (Å²) in [7, 11) is 1.15. The van der Waals surface area contributed by atoms with Crippen molar-refractivity contribution < 1.29 is 22.8 Å². The van der Waals surface area contributed by atoms with Crippen molar-refractivity contribution in [3.8, 4) is 17.1 Å². The molecule has 0 aliphatic rings. The van der Waals surface area contributed by atoms with Crippen molar-refractivity contribution in [3.05, 3.63) is 60.1 Å². The molecule has 3 aromatic rings. The lowest BCUT2D eigenvalue weighted by Gasteiger charge is -2.07. The lowest BCUT2D eigenvalue weighted by atomic mass is 10.2. The van der Waals surface area contributed by atoms with Gasteiger partial charge in [0, 0.05) is 41.8 Å². The second-order valence-electron chi connectivity index (χ2n) is 4.74. The van der Waals surface area contributed by atoms with E-state index >= 15 is 0 Å². The minimum Gasteiger partial charge on any atom is -0.491 e. The molecule has 8 heteroatoms. The molecule has 0 atom stereocenters. The van der Waals surface area contributed by atoms with Crippen molar-refractivity contribution >= 4 is 11.6 Å². The van der Waals surface area contributed by atoms with Crippen molar-refractivity contribution in [3.63, 3.8) is 0 Å². The largest absolute Gasteiger partial charge is 0.491 e. The number of anilines is 1. The monoisotopic (exact) mass is 331 g/mol. The van der Waals surface area contributed by atoms with Crippen LogP contribution in [-0.4, -0.2) is 23.2 Å². The minimum absolute atomic E-state index is 0.0292. The van der Waals surface area contributed by atoms with Crippen molar-refractivity contribution in [1.82, 2.24) is 10.1 Å². The van der Waals surface area contributed by atoms with E-state index in [2.05, 4.69) is 20.2 Å². The van der Waals surface area contributed by atoms with Gasteiger partial charge in [-0.25, -0.2) is 8.78 Å². The molecule has 122 valence electrons. The first-order valence-corrected chi connectivity index (χ1v) is 6.80. The van der Waals surface area contributed by atoms with Gasteiger partial charge in [0.2, 0.25) is 0 Å². The van der Waals surface area contributed by atoms with Gasteiger partial charge in [0.1, 0.15) is 0 Å². The standard InChI is InChI=1S/C16H11F2N3O3/c1-23-15-11(17)6-10(7-12(15)18)20-16(22)13-8-14(24-21-13)9-2-4-19-5-3-9/h2-8H,1H3,(H,20,22). The van der Waals surface area contributed by atoms with Gasteiger partial charge < -0.3 is 14.6 Å². The number of amides is 1. The van der Waals surface area contributed by atoms with Crippen molar-refractivity contribution in [2.45, 2.75) is 0 Å². The maximum absolute atomic E-state index is 13.6. The predicted molar refractivity (Wildman–Crippen MR) is 80.6 cm³/mol. The average molecular weight is 331 g/mol. The maximum atomic E-state index is 13.6. The SMILES string of the molecule is COc1c(F)cc(NC(=O)c2cc(-c3ccncc3)on2)cc1F. The first-order valence-electron chi connectivity index (χ1n) is 6.80. The van der Waals surface area contributed by atoms with Crippen LogP contribution in [0.5, 0.6) is 5.75 Å². The molecular weight excluding hydrogens is 320 g/mol. The average Bonchev–Trinajstić information content (AvgIpc) is 3.05. The van der Waals surface area contributed by atoms with Crippen LogP contribution in [0, 0.1) is 11.6 Å². The van der Waals surface area contributed by atoms with Crippen molar-refractivity contribution in [2.75, 3.05) is 12.4 Å². The number of nitrogens with zero attached hydrogens (tertiary/aromatic N) is 2. The smallest absolute Gasteiger partial charge is 0.277 e. The van der Waals surface area contributed by atoms with E-state index in [0.717, 1.165) is 19.2 Å². The van der Waals surface area contributed by atoms with Crippen LogP contribution >= 0.6 is 0 Å². The summed E-state index contributed by atoms with van der Waals surface area (Å²) >= 11 is 0. The van der Waals surface area contributed by atoms with Gasteiger partial charge in [0.25, 0.3) is 5.91 Å². The molecule has 0 aliphatic heterocycles. The minimum atomic E-state index is -0.926. The number of ether oxygens (including phenoxy) is 1. The number of hydrogen-bond donors (Lipinski definition) is 1. The molecule has 0 fully saturated rings. The van der Waals surface area contributed by atoms with Gasteiger partial charge in [-0.1, -0.05) is 5.16 Å². The quantitative estimate of drug-likeness (QED) is 0.794. The normalized spacial score (nSPS) is 10.5. The fourth-order valence-electron chi connectivity index (χ4n) is 2.06. The second kappa shape index (κ2) is 6.45. The number of rotatable bonds is 4. The van der Waals surface area contributed by atoms with Crippen LogP contribution in [0.2, 0.25) is 0 Å². The van der Waals surface area contributed by atoms with E-state index in [1.807, 2.05) is 0 Å². The van der Waals surface area contributed by atoms with Crippen molar-refractivity contribution in [1.29, 1.82) is 0 Å². The highest BCUT2D eigenvalue weighted by Gasteiger charge is 2.17. The van der Waals surface area contributed by atoms with Gasteiger partial charge in [0.15, 0.2) is 28.8 Å². The van der Waals surface area contributed by atoms with Gasteiger partial charge in [-0.15, -0.1) is 0 Å². The number of aromatic nitrogens is 2. The molecule has 0 saturated heterocycles. The van der Waals surface area contributed by atoms with Crippen LogP contribution in [0.15, 0.2) is 47.2 Å². The molecule has 0 saturated carbocycles. The maximum Gasteiger partial charge on any atom is 0.277 e. The van der Waals surface area contributed by atoms with E-state index < -0.39 is 23.3 Å². The number of pyridine rings is 1. The fraction of sp³-hybridized carbons (Fsp3) is 0.0625. The molecule has 0 aliphatic carbocycles. The highest BCUT2D eigenvalue weighted by molar-refractivity contribution is 6.03. The molecule has 0 unspecified atom stereocenters. The van der Waals surface area contributed by atoms with Crippen LogP contribution < -0.4 is 10.1 Å². The Bertz CT molecular complexity index is 858. The summed E-state index contributed by atoms with van der Waals surface area (Å²) in [4.78, 5) is 16.0. The molecule has 3 rings (SSSR count). The van der Waals surface area contributed by atoms with E-state index in [1.165, 1.54) is 6.07 Å². The van der Waals surface area contributed by atoms with Gasteiger partial charge in [-0.05, 0) is 12.1 Å². The van der Waals surface area contributed by atoms with E-state index in [0.29, 0.717) is 11.3 Å². The third-order valence-electron chi connectivity index (χ3n) is 3.17. The molecule has 0 bridgehead atoms. The van der Waals surface area contributed by atoms with Crippen LogP contribution in [0.3, 0.4) is 0 Å². The lowest BCUT2D eigenvalue weighted by Crippen LogP contribution is -2.12. The van der Waals surface area contributed by atoms with Crippen LogP contribution in [0.25, 0.3) is 11.3 Å². The molecule has 1 aromatic carbocycles. The summed E-state index contributed by atoms with van der Waals surface area (Å²) in [5.41, 5.74) is 0.598. The van der Waals surface area contributed by atoms with Crippen LogP contribution in [-0.2, 0) is 0 Å². The highest BCUT2D eigenvalue weighted by Crippen LogP contribution is 2.26. The summed E-state index contributed by atoms with van der Waals surface area (Å²) in [6, 6.07) is 6.70. The van der Waals surface area contributed by atoms with Gasteiger partial charge in [0.05, 0.1) is 7.11 Å². The Balaban J connectivity index is 1.80. The zero-order chi connectivity index (χ0) is 17.1. The fourth-order valence-corrected chi connectivity index (χ4v) is 2.06. The van der Waals surface area contributed by atoms with E-state index in [-0.39, 0.29) is 11.4 Å². The third-order valence-corrected chi connectivity index (χ3v) is 3.17. The Morgan fingerprint density at radius 3 is 2.46 bits per heavy atom. The highest BCUT2D eigenvalue weighted by atomic mass is 19.1. The predicted octanol–water partition coefficient (Wildman–Crippen LogP) is 3.28. The molecule has 0 spiro atoms. The summed E-state index contributed by atoms with van der Waals surface area (Å²) in [6.45, 7) is 0. The zero-order valence-electron chi connectivity index (χ0n) is 12.4. The van der Waals surface area contributed by atoms with Crippen LogP contribution in [0.4, 0.5) is 14.5 Å². The summed E-state index contributed by atoms with van der Waals surface area (Å²) in [5, 5.41) is 5.99. The number of benzene rings is 1. The Morgan fingerprint density at radius 2 is 1.83 bits per heavy atom. The molecule has 24 heavy (non-hydrogen) atoms. The number of halogens is 2. The number of nitrogens with one attached hydrogen (secondary N) is 1. The topological polar surface area (TPSA) is 77.2 Å². The molecule has 6 nitrogen and oxygen atoms in total. The number of methoxy groups -OCH3 is 1. The van der Waals surface area contributed by atoms with Gasteiger partial charge >= 0.3 is 0 Å². The number of carbonyl (C=O) groups excluding carboxylic acids is 1. The number of hydrogen-bond acceptors (Lipinski definition) is 5. The van der Waals surface area contributed by atoms with Gasteiger partial charge in [-0.2, -0.15) is 0 Å². The van der Waals surface area contributed by atoms with E-state index in [1.54, 1.807) is 24.5 Å². The Labute approximate surface area is 135 Å². The summed E-state index contributed by atoms with van der Waals surface area (Å²) in [6.07, 6.45) is 3.14. The molecule has 2 aromatic heterocycles. The first-order chi connectivity index (χ1) is 11.6. The Hall–Kier alpha value is -3.29. The summed E-state index contributed by atoms with van der Waals surface area (Å²) in [5.74, 6) is -2.66. The molecule has 1 N–H and O–H groups in total.